The molecule has 7 nitrogen and oxygen atoms in total. The molecule has 0 atom stereocenters. The number of rotatable bonds is 4. The molecule has 0 fully saturated rings. The minimum Gasteiger partial charge on any atom is -0.326 e. The average Bonchev–Trinajstić information content (AvgIpc) is 2.15. The van der Waals surface area contributed by atoms with E-state index < -0.39 is 14.9 Å². The van der Waals surface area contributed by atoms with Gasteiger partial charge in [0.25, 0.3) is 5.69 Å². The molecule has 0 radical (unpaired) electrons. The van der Waals surface area contributed by atoms with Gasteiger partial charge in [-0.05, 0) is 11.6 Å². The van der Waals surface area contributed by atoms with Gasteiger partial charge in [0.1, 0.15) is 5.69 Å². The lowest BCUT2D eigenvalue weighted by molar-refractivity contribution is -0.383. The van der Waals surface area contributed by atoms with Crippen LogP contribution < -0.4 is 10.5 Å². The van der Waals surface area contributed by atoms with Crippen LogP contribution in [-0.4, -0.2) is 19.6 Å². The molecule has 0 amide bonds. The molecule has 0 unspecified atom stereocenters. The molecule has 0 saturated carbocycles. The van der Waals surface area contributed by atoms with Crippen molar-refractivity contribution < 1.29 is 13.3 Å². The lowest BCUT2D eigenvalue weighted by atomic mass is 10.2. The summed E-state index contributed by atoms with van der Waals surface area (Å²) in [6.45, 7) is 0.153. The van der Waals surface area contributed by atoms with Gasteiger partial charge in [-0.25, -0.2) is 8.42 Å². The van der Waals surface area contributed by atoms with Crippen molar-refractivity contribution in [2.45, 2.75) is 6.54 Å². The third-order valence-electron chi connectivity index (χ3n) is 1.79. The van der Waals surface area contributed by atoms with Crippen LogP contribution in [0.5, 0.6) is 0 Å². The Morgan fingerprint density at radius 1 is 1.47 bits per heavy atom. The van der Waals surface area contributed by atoms with E-state index in [1.807, 2.05) is 0 Å². The fourth-order valence-electron chi connectivity index (χ4n) is 1.14. The van der Waals surface area contributed by atoms with E-state index in [9.17, 15) is 18.5 Å². The number of nitro groups is 1. The zero-order valence-corrected chi connectivity index (χ0v) is 10.5. The highest BCUT2D eigenvalue weighted by molar-refractivity contribution is 7.92. The lowest BCUT2D eigenvalue weighted by Gasteiger charge is -2.05. The van der Waals surface area contributed by atoms with Crippen molar-refractivity contribution in [3.63, 3.8) is 0 Å². The Morgan fingerprint density at radius 3 is 2.47 bits per heavy atom. The van der Waals surface area contributed by atoms with Gasteiger partial charge in [0, 0.05) is 12.6 Å². The summed E-state index contributed by atoms with van der Waals surface area (Å²) in [5, 5.41) is 10.7. The standard InChI is InChI=1S/C8H11N3O4S.ClH/c1-16(14,15)10-7-3-2-6(5-9)4-8(7)11(12)13;/h2-4,10H,5,9H2,1H3;1H. The van der Waals surface area contributed by atoms with E-state index in [0.717, 1.165) is 6.26 Å². The van der Waals surface area contributed by atoms with E-state index in [0.29, 0.717) is 5.56 Å². The summed E-state index contributed by atoms with van der Waals surface area (Å²) in [5.41, 5.74) is 5.52. The van der Waals surface area contributed by atoms with Crippen LogP contribution in [0.2, 0.25) is 0 Å². The molecule has 0 saturated heterocycles. The number of nitrogens with one attached hydrogen (secondary N) is 1. The van der Waals surface area contributed by atoms with Gasteiger partial charge in [-0.15, -0.1) is 12.4 Å². The van der Waals surface area contributed by atoms with E-state index >= 15 is 0 Å². The van der Waals surface area contributed by atoms with Crippen LogP contribution in [0.25, 0.3) is 0 Å². The smallest absolute Gasteiger partial charge is 0.293 e. The fraction of sp³-hybridized carbons (Fsp3) is 0.250. The maximum atomic E-state index is 11.0. The van der Waals surface area contributed by atoms with Crippen LogP contribution in [0.3, 0.4) is 0 Å². The molecule has 0 aliphatic rings. The third kappa shape index (κ3) is 4.55. The first-order valence-corrected chi connectivity index (χ1v) is 6.18. The molecule has 1 aromatic carbocycles. The zero-order valence-electron chi connectivity index (χ0n) is 8.91. The number of nitrogens with two attached hydrogens (primary N) is 1. The Labute approximate surface area is 105 Å². The maximum Gasteiger partial charge on any atom is 0.293 e. The summed E-state index contributed by atoms with van der Waals surface area (Å²) in [6, 6.07) is 4.09. The Kier molecular flexibility index (Phi) is 5.33. The molecule has 1 aromatic rings. The maximum absolute atomic E-state index is 11.0. The van der Waals surface area contributed by atoms with Gasteiger partial charge in [0.2, 0.25) is 10.0 Å². The molecule has 0 heterocycles. The molecule has 9 heteroatoms. The molecule has 0 aliphatic heterocycles. The molecular weight excluding hydrogens is 270 g/mol. The second-order valence-electron chi connectivity index (χ2n) is 3.19. The number of sulfonamides is 1. The monoisotopic (exact) mass is 281 g/mol. The molecule has 0 spiro atoms. The van der Waals surface area contributed by atoms with Crippen LogP contribution in [0.1, 0.15) is 5.56 Å². The van der Waals surface area contributed by atoms with Gasteiger partial charge >= 0.3 is 0 Å². The summed E-state index contributed by atoms with van der Waals surface area (Å²) < 4.78 is 24.0. The van der Waals surface area contributed by atoms with Crippen molar-refractivity contribution in [1.82, 2.24) is 0 Å². The number of nitro benzene ring substituents is 1. The molecule has 0 bridgehead atoms. The number of nitrogens with zero attached hydrogens (tertiary/aromatic N) is 1. The number of benzene rings is 1. The second kappa shape index (κ2) is 5.80. The minimum absolute atomic E-state index is 0. The average molecular weight is 282 g/mol. The largest absolute Gasteiger partial charge is 0.326 e. The Morgan fingerprint density at radius 2 is 2.06 bits per heavy atom. The predicted molar refractivity (Wildman–Crippen MR) is 66.7 cm³/mol. The molecule has 1 rings (SSSR count). The molecule has 96 valence electrons. The van der Waals surface area contributed by atoms with Crippen LogP contribution in [-0.2, 0) is 16.6 Å². The first-order valence-electron chi connectivity index (χ1n) is 4.28. The van der Waals surface area contributed by atoms with Crippen molar-refractivity contribution in [1.29, 1.82) is 0 Å². The first-order chi connectivity index (χ1) is 7.33. The normalized spacial score (nSPS) is 10.5. The van der Waals surface area contributed by atoms with Crippen LogP contribution >= 0.6 is 12.4 Å². The quantitative estimate of drug-likeness (QED) is 0.627. The van der Waals surface area contributed by atoms with Crippen molar-refractivity contribution in [2.24, 2.45) is 5.73 Å². The Hall–Kier alpha value is -1.38. The minimum atomic E-state index is -3.54. The van der Waals surface area contributed by atoms with Crippen molar-refractivity contribution in [3.05, 3.63) is 33.9 Å². The number of anilines is 1. The summed E-state index contributed by atoms with van der Waals surface area (Å²) in [7, 11) is -3.54. The van der Waals surface area contributed by atoms with Gasteiger partial charge in [-0.1, -0.05) is 6.07 Å². The lowest BCUT2D eigenvalue weighted by Crippen LogP contribution is -2.11. The zero-order chi connectivity index (χ0) is 12.3. The SMILES string of the molecule is CS(=O)(=O)Nc1ccc(CN)cc1[N+](=O)[O-].Cl. The van der Waals surface area contributed by atoms with Gasteiger partial charge in [0.15, 0.2) is 0 Å². The highest BCUT2D eigenvalue weighted by Gasteiger charge is 2.16. The molecule has 0 aromatic heterocycles. The molecule has 0 aliphatic carbocycles. The highest BCUT2D eigenvalue weighted by Crippen LogP contribution is 2.26. The van der Waals surface area contributed by atoms with Crippen molar-refractivity contribution in [2.75, 3.05) is 11.0 Å². The van der Waals surface area contributed by atoms with Gasteiger partial charge < -0.3 is 5.73 Å². The molecule has 17 heavy (non-hydrogen) atoms. The van der Waals surface area contributed by atoms with Crippen LogP contribution in [0, 0.1) is 10.1 Å². The molecule has 3 N–H and O–H groups in total. The number of hydrogen-bond acceptors (Lipinski definition) is 5. The Balaban J connectivity index is 0.00000256. The van der Waals surface area contributed by atoms with E-state index in [4.69, 9.17) is 5.73 Å². The first kappa shape index (κ1) is 15.6. The van der Waals surface area contributed by atoms with E-state index in [1.54, 1.807) is 0 Å². The molecular formula is C8H12ClN3O4S. The van der Waals surface area contributed by atoms with E-state index in [1.165, 1.54) is 18.2 Å². The van der Waals surface area contributed by atoms with Crippen LogP contribution in [0.4, 0.5) is 11.4 Å². The summed E-state index contributed by atoms with van der Waals surface area (Å²) >= 11 is 0. The number of halogens is 1. The second-order valence-corrected chi connectivity index (χ2v) is 4.94. The van der Waals surface area contributed by atoms with E-state index in [2.05, 4.69) is 4.72 Å². The van der Waals surface area contributed by atoms with Crippen molar-refractivity contribution >= 4 is 33.8 Å². The fourth-order valence-corrected chi connectivity index (χ4v) is 1.71. The van der Waals surface area contributed by atoms with Gasteiger partial charge in [-0.2, -0.15) is 0 Å². The van der Waals surface area contributed by atoms with Crippen LogP contribution in [0.15, 0.2) is 18.2 Å². The van der Waals surface area contributed by atoms with Gasteiger partial charge in [-0.3, -0.25) is 14.8 Å². The highest BCUT2D eigenvalue weighted by atomic mass is 35.5. The number of hydrogen-bond donors (Lipinski definition) is 2. The van der Waals surface area contributed by atoms with Gasteiger partial charge in [0.05, 0.1) is 11.2 Å². The summed E-state index contributed by atoms with van der Waals surface area (Å²) in [5.74, 6) is 0. The van der Waals surface area contributed by atoms with E-state index in [-0.39, 0.29) is 30.3 Å². The summed E-state index contributed by atoms with van der Waals surface area (Å²) in [4.78, 5) is 10.0. The summed E-state index contributed by atoms with van der Waals surface area (Å²) in [6.07, 6.45) is 0.924. The van der Waals surface area contributed by atoms with Crippen molar-refractivity contribution in [3.8, 4) is 0 Å². The third-order valence-corrected chi connectivity index (χ3v) is 2.38. The topological polar surface area (TPSA) is 115 Å². The Bertz CT molecular complexity index is 518. The predicted octanol–water partition coefficient (Wildman–Crippen LogP) is 0.847.